The fraction of sp³-hybridized carbons (Fsp3) is 0.227. The van der Waals surface area contributed by atoms with Crippen LogP contribution in [0.15, 0.2) is 54.0 Å². The highest BCUT2D eigenvalue weighted by atomic mass is 16.1. The van der Waals surface area contributed by atoms with Gasteiger partial charge in [0.25, 0.3) is 0 Å². The van der Waals surface area contributed by atoms with Gasteiger partial charge < -0.3 is 10.3 Å². The normalized spacial score (nSPS) is 12.8. The Hall–Kier alpha value is -2.81. The highest BCUT2D eigenvalue weighted by Gasteiger charge is 2.26. The number of hydrogen-bond donors (Lipinski definition) is 2. The average molecular weight is 330 g/mol. The first-order valence-electron chi connectivity index (χ1n) is 8.57. The van der Waals surface area contributed by atoms with Crippen LogP contribution in [0.4, 0.5) is 5.69 Å². The molecule has 2 aromatic carbocycles. The number of rotatable bonds is 3. The van der Waals surface area contributed by atoms with Crippen molar-refractivity contribution in [1.82, 2.24) is 4.98 Å². The summed E-state index contributed by atoms with van der Waals surface area (Å²) in [4.78, 5) is 16.0. The standard InChI is InChI=1S/C22H22N2O/c1-13(17-12-23-19-8-6-5-7-16(19)21(17)25)24-20-11-15-9-14(15)10-18(20)22(2,3)4/h5-8,10-12,24H,1,9H2,2-4H3,(H,23,25). The van der Waals surface area contributed by atoms with Gasteiger partial charge in [0, 0.05) is 28.5 Å². The zero-order chi connectivity index (χ0) is 17.8. The average Bonchev–Trinajstić information content (AvgIpc) is 3.32. The molecule has 25 heavy (non-hydrogen) atoms. The first-order valence-corrected chi connectivity index (χ1v) is 8.57. The van der Waals surface area contributed by atoms with Crippen molar-refractivity contribution in [3.8, 4) is 0 Å². The Balaban J connectivity index is 1.74. The fourth-order valence-electron chi connectivity index (χ4n) is 3.30. The minimum atomic E-state index is -0.00382. The Kier molecular flexibility index (Phi) is 3.36. The van der Waals surface area contributed by atoms with E-state index in [0.29, 0.717) is 16.6 Å². The Labute approximate surface area is 147 Å². The Bertz CT molecular complexity index is 1070. The van der Waals surface area contributed by atoms with Crippen molar-refractivity contribution in [2.75, 3.05) is 5.32 Å². The molecule has 0 bridgehead atoms. The second kappa shape index (κ2) is 5.35. The van der Waals surface area contributed by atoms with Crippen LogP contribution in [0.1, 0.15) is 43.0 Å². The Morgan fingerprint density at radius 2 is 1.88 bits per heavy atom. The minimum Gasteiger partial charge on any atom is -0.360 e. The number of anilines is 1. The van der Waals surface area contributed by atoms with Crippen LogP contribution in [0.2, 0.25) is 0 Å². The van der Waals surface area contributed by atoms with Crippen molar-refractivity contribution in [2.45, 2.75) is 32.6 Å². The summed E-state index contributed by atoms with van der Waals surface area (Å²) < 4.78 is 0. The van der Waals surface area contributed by atoms with Crippen molar-refractivity contribution in [1.29, 1.82) is 0 Å². The minimum absolute atomic E-state index is 0.00382. The molecule has 1 aromatic heterocycles. The largest absolute Gasteiger partial charge is 0.360 e. The molecule has 0 aliphatic heterocycles. The van der Waals surface area contributed by atoms with E-state index in [1.54, 1.807) is 6.20 Å². The molecule has 1 heterocycles. The number of aromatic amines is 1. The second-order valence-corrected chi connectivity index (χ2v) is 7.77. The molecule has 4 rings (SSSR count). The van der Waals surface area contributed by atoms with Gasteiger partial charge in [-0.05, 0) is 46.7 Å². The summed E-state index contributed by atoms with van der Waals surface area (Å²) in [6, 6.07) is 12.0. The van der Waals surface area contributed by atoms with E-state index in [4.69, 9.17) is 0 Å². The van der Waals surface area contributed by atoms with E-state index in [1.165, 1.54) is 16.7 Å². The summed E-state index contributed by atoms with van der Waals surface area (Å²) in [6.07, 6.45) is 2.81. The second-order valence-electron chi connectivity index (χ2n) is 7.77. The third-order valence-corrected chi connectivity index (χ3v) is 4.80. The van der Waals surface area contributed by atoms with Gasteiger partial charge in [0.15, 0.2) is 5.43 Å². The number of hydrogen-bond acceptors (Lipinski definition) is 2. The van der Waals surface area contributed by atoms with E-state index >= 15 is 0 Å². The van der Waals surface area contributed by atoms with Crippen LogP contribution in [0.5, 0.6) is 0 Å². The zero-order valence-corrected chi connectivity index (χ0v) is 14.9. The van der Waals surface area contributed by atoms with Gasteiger partial charge in [0.05, 0.1) is 5.56 Å². The predicted molar refractivity (Wildman–Crippen MR) is 105 cm³/mol. The van der Waals surface area contributed by atoms with Crippen LogP contribution >= 0.6 is 0 Å². The van der Waals surface area contributed by atoms with Gasteiger partial charge in [-0.25, -0.2) is 0 Å². The van der Waals surface area contributed by atoms with Crippen LogP contribution in [0.25, 0.3) is 16.6 Å². The van der Waals surface area contributed by atoms with Gasteiger partial charge in [-0.15, -0.1) is 0 Å². The molecule has 0 unspecified atom stereocenters. The van der Waals surface area contributed by atoms with E-state index in [0.717, 1.165) is 17.6 Å². The third kappa shape index (κ3) is 2.76. The lowest BCUT2D eigenvalue weighted by Gasteiger charge is -2.23. The fourth-order valence-corrected chi connectivity index (χ4v) is 3.30. The first kappa shape index (κ1) is 15.7. The summed E-state index contributed by atoms with van der Waals surface area (Å²) in [5.41, 5.74) is 7.14. The van der Waals surface area contributed by atoms with Gasteiger partial charge in [-0.3, -0.25) is 4.79 Å². The molecule has 0 fully saturated rings. The van der Waals surface area contributed by atoms with E-state index < -0.39 is 0 Å². The van der Waals surface area contributed by atoms with Gasteiger partial charge in [0.2, 0.25) is 0 Å². The first-order chi connectivity index (χ1) is 11.8. The molecule has 3 nitrogen and oxygen atoms in total. The maximum atomic E-state index is 12.8. The van der Waals surface area contributed by atoms with Gasteiger partial charge in [0.1, 0.15) is 0 Å². The molecule has 0 saturated carbocycles. The molecule has 0 amide bonds. The smallest absolute Gasteiger partial charge is 0.198 e. The monoisotopic (exact) mass is 330 g/mol. The SMILES string of the molecule is C=C(Nc1cc2c(cc1C(C)(C)C)C2)c1c[nH]c2ccccc2c1=O. The van der Waals surface area contributed by atoms with Crippen LogP contribution in [-0.4, -0.2) is 4.98 Å². The number of fused-ring (bicyclic) bond motifs is 2. The molecule has 3 aromatic rings. The predicted octanol–water partition coefficient (Wildman–Crippen LogP) is 4.81. The zero-order valence-electron chi connectivity index (χ0n) is 14.9. The summed E-state index contributed by atoms with van der Waals surface area (Å²) in [6.45, 7) is 10.7. The molecular formula is C22H22N2O. The van der Waals surface area contributed by atoms with Crippen molar-refractivity contribution in [2.24, 2.45) is 0 Å². The summed E-state index contributed by atoms with van der Waals surface area (Å²) in [7, 11) is 0. The van der Waals surface area contributed by atoms with Gasteiger partial charge in [-0.1, -0.05) is 45.5 Å². The molecule has 0 atom stereocenters. The number of aromatic nitrogens is 1. The topological polar surface area (TPSA) is 44.9 Å². The van der Waals surface area contributed by atoms with Crippen molar-refractivity contribution in [3.05, 3.63) is 81.7 Å². The third-order valence-electron chi connectivity index (χ3n) is 4.80. The van der Waals surface area contributed by atoms with Gasteiger partial charge in [-0.2, -0.15) is 0 Å². The molecular weight excluding hydrogens is 308 g/mol. The van der Waals surface area contributed by atoms with E-state index in [-0.39, 0.29) is 10.8 Å². The lowest BCUT2D eigenvalue weighted by Crippen LogP contribution is -2.16. The number of pyridine rings is 1. The quantitative estimate of drug-likeness (QED) is 0.566. The molecule has 2 N–H and O–H groups in total. The molecule has 126 valence electrons. The van der Waals surface area contributed by atoms with E-state index in [1.807, 2.05) is 24.3 Å². The molecule has 0 radical (unpaired) electrons. The van der Waals surface area contributed by atoms with Crippen LogP contribution in [0.3, 0.4) is 0 Å². The van der Waals surface area contributed by atoms with Crippen LogP contribution in [0, 0.1) is 0 Å². The molecule has 3 heteroatoms. The van der Waals surface area contributed by atoms with Crippen molar-refractivity contribution >= 4 is 22.3 Å². The van der Waals surface area contributed by atoms with Gasteiger partial charge >= 0.3 is 0 Å². The number of benzene rings is 2. The molecule has 0 saturated heterocycles. The lowest BCUT2D eigenvalue weighted by atomic mass is 9.85. The van der Waals surface area contributed by atoms with Crippen molar-refractivity contribution < 1.29 is 0 Å². The highest BCUT2D eigenvalue weighted by molar-refractivity contribution is 5.85. The van der Waals surface area contributed by atoms with Crippen molar-refractivity contribution in [3.63, 3.8) is 0 Å². The lowest BCUT2D eigenvalue weighted by molar-refractivity contribution is 0.592. The van der Waals surface area contributed by atoms with E-state index in [9.17, 15) is 4.79 Å². The maximum Gasteiger partial charge on any atom is 0.198 e. The number of nitrogens with one attached hydrogen (secondary N) is 2. The molecule has 0 spiro atoms. The summed E-state index contributed by atoms with van der Waals surface area (Å²) in [5, 5.41) is 4.08. The Morgan fingerprint density at radius 1 is 1.16 bits per heavy atom. The molecule has 1 aliphatic rings. The van der Waals surface area contributed by atoms with Crippen LogP contribution < -0.4 is 10.7 Å². The number of H-pyrrole nitrogens is 1. The van der Waals surface area contributed by atoms with Crippen LogP contribution in [-0.2, 0) is 11.8 Å². The summed E-state index contributed by atoms with van der Waals surface area (Å²) in [5.74, 6) is 0. The number of para-hydroxylation sites is 1. The molecule has 1 aliphatic carbocycles. The summed E-state index contributed by atoms with van der Waals surface area (Å²) >= 11 is 0. The highest BCUT2D eigenvalue weighted by Crippen LogP contribution is 2.39. The maximum absolute atomic E-state index is 12.8. The Morgan fingerprint density at radius 3 is 2.64 bits per heavy atom. The van der Waals surface area contributed by atoms with E-state index in [2.05, 4.69) is 49.8 Å².